The smallest absolute Gasteiger partial charge is 0.379 e. The van der Waals surface area contributed by atoms with Crippen molar-refractivity contribution in [3.63, 3.8) is 0 Å². The lowest BCUT2D eigenvalue weighted by molar-refractivity contribution is 0.0590. The SMILES string of the molecule is B[C@@H]1O[C@H](CC(C)C)[C@H](NP(=O)(O)OC(C)C)C1F. The highest BCUT2D eigenvalue weighted by Gasteiger charge is 2.45. The van der Waals surface area contributed by atoms with Crippen LogP contribution < -0.4 is 5.09 Å². The van der Waals surface area contributed by atoms with Crippen LogP contribution in [0.3, 0.4) is 0 Å². The highest BCUT2D eigenvalue weighted by molar-refractivity contribution is 7.50. The first-order valence-electron chi connectivity index (χ1n) is 6.71. The second-order valence-corrected chi connectivity index (χ2v) is 7.29. The van der Waals surface area contributed by atoms with Gasteiger partial charge in [0.05, 0.1) is 24.3 Å². The lowest BCUT2D eigenvalue weighted by Gasteiger charge is -2.25. The van der Waals surface area contributed by atoms with Gasteiger partial charge in [-0.3, -0.25) is 4.52 Å². The molecule has 5 nitrogen and oxygen atoms in total. The van der Waals surface area contributed by atoms with Crippen LogP contribution in [0.5, 0.6) is 0 Å². The van der Waals surface area contributed by atoms with Gasteiger partial charge in [0, 0.05) is 0 Å². The monoisotopic (exact) mass is 295 g/mol. The summed E-state index contributed by atoms with van der Waals surface area (Å²) in [6, 6.07) is -1.40. The molecule has 0 aromatic heterocycles. The Morgan fingerprint density at radius 1 is 1.47 bits per heavy atom. The number of hydrogen-bond acceptors (Lipinski definition) is 3. The van der Waals surface area contributed by atoms with Crippen molar-refractivity contribution >= 4 is 15.6 Å². The topological polar surface area (TPSA) is 67.8 Å². The van der Waals surface area contributed by atoms with E-state index in [1.807, 2.05) is 13.8 Å². The highest BCUT2D eigenvalue weighted by atomic mass is 31.2. The average molecular weight is 295 g/mol. The molecule has 0 amide bonds. The summed E-state index contributed by atoms with van der Waals surface area (Å²) in [5.41, 5.74) is 0. The summed E-state index contributed by atoms with van der Waals surface area (Å²) in [5, 5.41) is 2.41. The number of alkyl halides is 1. The van der Waals surface area contributed by atoms with Crippen LogP contribution in [0.1, 0.15) is 34.1 Å². The second kappa shape index (κ2) is 6.68. The summed E-state index contributed by atoms with van der Waals surface area (Å²) in [4.78, 5) is 9.70. The molecule has 1 aliphatic heterocycles. The molecule has 8 heteroatoms. The fourth-order valence-corrected chi connectivity index (χ4v) is 3.58. The molecule has 0 aliphatic carbocycles. The van der Waals surface area contributed by atoms with Crippen LogP contribution in [-0.4, -0.2) is 43.2 Å². The van der Waals surface area contributed by atoms with Crippen LogP contribution >= 0.6 is 7.75 Å². The molecule has 5 atom stereocenters. The minimum atomic E-state index is -4.01. The van der Waals surface area contributed by atoms with Gasteiger partial charge in [0.25, 0.3) is 0 Å². The predicted octanol–water partition coefficient (Wildman–Crippen LogP) is 1.21. The second-order valence-electron chi connectivity index (χ2n) is 5.78. The summed E-state index contributed by atoms with van der Waals surface area (Å²) < 4.78 is 36.4. The van der Waals surface area contributed by atoms with E-state index in [1.165, 1.54) is 0 Å². The van der Waals surface area contributed by atoms with Crippen LogP contribution in [0.15, 0.2) is 0 Å². The minimum absolute atomic E-state index is 0.316. The van der Waals surface area contributed by atoms with E-state index in [2.05, 4.69) is 5.09 Å². The van der Waals surface area contributed by atoms with Crippen molar-refractivity contribution < 1.29 is 23.1 Å². The molecule has 2 N–H and O–H groups in total. The fraction of sp³-hybridized carbons (Fsp3) is 1.00. The van der Waals surface area contributed by atoms with E-state index in [1.54, 1.807) is 21.7 Å². The lowest BCUT2D eigenvalue weighted by Crippen LogP contribution is -2.42. The van der Waals surface area contributed by atoms with Gasteiger partial charge in [-0.15, -0.1) is 0 Å². The van der Waals surface area contributed by atoms with Gasteiger partial charge in [-0.2, -0.15) is 0 Å². The van der Waals surface area contributed by atoms with E-state index in [4.69, 9.17) is 9.26 Å². The lowest BCUT2D eigenvalue weighted by atomic mass is 9.92. The van der Waals surface area contributed by atoms with E-state index in [-0.39, 0.29) is 0 Å². The summed E-state index contributed by atoms with van der Waals surface area (Å²) in [5.74, 6) is 0.316. The van der Waals surface area contributed by atoms with E-state index in [0.29, 0.717) is 12.3 Å². The molecule has 1 aliphatic rings. The van der Waals surface area contributed by atoms with Crippen molar-refractivity contribution in [3.05, 3.63) is 0 Å². The van der Waals surface area contributed by atoms with Crippen LogP contribution in [0.4, 0.5) is 4.39 Å². The minimum Gasteiger partial charge on any atom is -0.379 e. The number of hydrogen-bond donors (Lipinski definition) is 2. The summed E-state index contributed by atoms with van der Waals surface area (Å²) in [7, 11) is -2.38. The highest BCUT2D eigenvalue weighted by Crippen LogP contribution is 2.42. The normalized spacial score (nSPS) is 34.9. The molecule has 1 saturated heterocycles. The average Bonchev–Trinajstić information content (AvgIpc) is 2.42. The quantitative estimate of drug-likeness (QED) is 0.569. The van der Waals surface area contributed by atoms with E-state index in [9.17, 15) is 13.8 Å². The first-order valence-corrected chi connectivity index (χ1v) is 8.28. The predicted molar refractivity (Wildman–Crippen MR) is 74.5 cm³/mol. The summed E-state index contributed by atoms with van der Waals surface area (Å²) in [6.45, 7) is 7.30. The molecule has 0 saturated carbocycles. The summed E-state index contributed by atoms with van der Waals surface area (Å²) in [6.07, 6.45) is -1.52. The van der Waals surface area contributed by atoms with Crippen LogP contribution in [0.2, 0.25) is 0 Å². The van der Waals surface area contributed by atoms with Gasteiger partial charge in [-0.25, -0.2) is 14.0 Å². The maximum absolute atomic E-state index is 14.1. The van der Waals surface area contributed by atoms with Gasteiger partial charge in [0.15, 0.2) is 0 Å². The zero-order chi connectivity index (χ0) is 14.8. The zero-order valence-corrected chi connectivity index (χ0v) is 13.1. The Hall–Kier alpha value is 0.0649. The van der Waals surface area contributed by atoms with Crippen molar-refractivity contribution in [2.75, 3.05) is 0 Å². The molecule has 0 radical (unpaired) electrons. The largest absolute Gasteiger partial charge is 0.403 e. The molecule has 112 valence electrons. The zero-order valence-electron chi connectivity index (χ0n) is 12.2. The van der Waals surface area contributed by atoms with Crippen molar-refractivity contribution in [3.8, 4) is 0 Å². The van der Waals surface area contributed by atoms with E-state index >= 15 is 0 Å². The molecule has 1 fully saturated rings. The Balaban J connectivity index is 2.74. The van der Waals surface area contributed by atoms with Crippen molar-refractivity contribution in [2.45, 2.75) is 64.5 Å². The third-order valence-corrected chi connectivity index (χ3v) is 4.28. The molecular formula is C11H24BFNO4P. The van der Waals surface area contributed by atoms with Gasteiger partial charge < -0.3 is 9.63 Å². The first-order chi connectivity index (χ1) is 8.62. The summed E-state index contributed by atoms with van der Waals surface area (Å²) >= 11 is 0. The molecule has 1 rings (SSSR count). The maximum Gasteiger partial charge on any atom is 0.403 e. The van der Waals surface area contributed by atoms with Crippen molar-refractivity contribution in [1.29, 1.82) is 0 Å². The Labute approximate surface area is 115 Å². The van der Waals surface area contributed by atoms with E-state index in [0.717, 1.165) is 0 Å². The molecule has 2 unspecified atom stereocenters. The van der Waals surface area contributed by atoms with Gasteiger partial charge in [0.1, 0.15) is 14.0 Å². The third kappa shape index (κ3) is 5.16. The molecular weight excluding hydrogens is 271 g/mol. The van der Waals surface area contributed by atoms with Crippen LogP contribution in [0, 0.1) is 5.92 Å². The van der Waals surface area contributed by atoms with E-state index < -0.39 is 38.2 Å². The molecule has 0 bridgehead atoms. The number of halogens is 1. The van der Waals surface area contributed by atoms with Crippen LogP contribution in [0.25, 0.3) is 0 Å². The van der Waals surface area contributed by atoms with Gasteiger partial charge in [0.2, 0.25) is 0 Å². The molecule has 0 spiro atoms. The van der Waals surface area contributed by atoms with Crippen LogP contribution in [-0.2, 0) is 13.8 Å². The van der Waals surface area contributed by atoms with Gasteiger partial charge in [-0.05, 0) is 26.2 Å². The Morgan fingerprint density at radius 3 is 2.53 bits per heavy atom. The van der Waals surface area contributed by atoms with Crippen molar-refractivity contribution in [2.24, 2.45) is 5.92 Å². The number of ether oxygens (including phenoxy) is 1. The maximum atomic E-state index is 14.1. The van der Waals surface area contributed by atoms with Gasteiger partial charge >= 0.3 is 7.75 Å². The Bertz CT molecular complexity index is 343. The molecule has 0 aromatic carbocycles. The molecule has 19 heavy (non-hydrogen) atoms. The fourth-order valence-electron chi connectivity index (χ4n) is 2.26. The van der Waals surface area contributed by atoms with Crippen molar-refractivity contribution in [1.82, 2.24) is 5.09 Å². The first kappa shape index (κ1) is 17.1. The third-order valence-electron chi connectivity index (χ3n) is 2.95. The Morgan fingerprint density at radius 2 is 2.05 bits per heavy atom. The molecule has 0 aromatic rings. The molecule has 1 heterocycles. The number of nitrogens with one attached hydrogen (secondary N) is 1. The number of rotatable bonds is 6. The standard InChI is InChI=1S/C11H24BFNO4P/c1-6(2)5-8-10(9(13)11(12)17-8)14-19(15,16)18-7(3)4/h6-11H,5,12H2,1-4H3,(H2,14,15,16)/t8-,9?,10+,11-/m1/s1. The van der Waals surface area contributed by atoms with Gasteiger partial charge in [-0.1, -0.05) is 13.8 Å². The Kier molecular flexibility index (Phi) is 6.02.